The maximum Gasteiger partial charge on any atom is 0.259 e. The third-order valence-corrected chi connectivity index (χ3v) is 5.68. The molecule has 1 aliphatic heterocycles. The average molecular weight is 480 g/mol. The van der Waals surface area contributed by atoms with Crippen LogP contribution in [0.1, 0.15) is 30.5 Å². The molecular weight excluding hydrogens is 457 g/mol. The van der Waals surface area contributed by atoms with Crippen LogP contribution in [-0.4, -0.2) is 12.5 Å². The Bertz CT molecular complexity index is 1160. The maximum absolute atomic E-state index is 13.4. The molecule has 5 heteroatoms. The number of hydrogen-bond acceptors (Lipinski definition) is 2. The highest BCUT2D eigenvalue weighted by Gasteiger charge is 2.32. The standard InChI is InChI=1S/C26H23BrFNO2/c1-17(2)15-29-24-9-4-3-8-21(24)22(26(29)30)13-18-10-11-25(23(27)14-18)31-16-19-6-5-7-20(28)12-19/h3-14,17H,15-16H2,1-2H3/b22-13-. The summed E-state index contributed by atoms with van der Waals surface area (Å²) in [5, 5.41) is 0. The number of halogens is 2. The molecule has 3 nitrogen and oxygen atoms in total. The van der Waals surface area contributed by atoms with E-state index in [1.54, 1.807) is 6.07 Å². The highest BCUT2D eigenvalue weighted by atomic mass is 79.9. The molecule has 0 unspecified atom stereocenters. The third-order valence-electron chi connectivity index (χ3n) is 5.06. The summed E-state index contributed by atoms with van der Waals surface area (Å²) in [6.45, 7) is 5.17. The van der Waals surface area contributed by atoms with Crippen molar-refractivity contribution in [1.29, 1.82) is 0 Å². The lowest BCUT2D eigenvalue weighted by Crippen LogP contribution is -2.30. The smallest absolute Gasteiger partial charge is 0.259 e. The molecule has 0 saturated carbocycles. The van der Waals surface area contributed by atoms with Gasteiger partial charge in [-0.15, -0.1) is 0 Å². The van der Waals surface area contributed by atoms with E-state index in [9.17, 15) is 9.18 Å². The van der Waals surface area contributed by atoms with Crippen LogP contribution in [0.25, 0.3) is 11.6 Å². The molecule has 0 aliphatic carbocycles. The highest BCUT2D eigenvalue weighted by molar-refractivity contribution is 9.10. The molecule has 0 bridgehead atoms. The van der Waals surface area contributed by atoms with Gasteiger partial charge in [0, 0.05) is 17.7 Å². The molecule has 1 amide bonds. The molecule has 1 aliphatic rings. The number of carbonyl (C=O) groups is 1. The molecule has 3 aromatic rings. The van der Waals surface area contributed by atoms with Crippen molar-refractivity contribution in [2.75, 3.05) is 11.4 Å². The molecule has 0 saturated heterocycles. The third kappa shape index (κ3) is 4.72. The van der Waals surface area contributed by atoms with Gasteiger partial charge in [0.05, 0.1) is 10.2 Å². The van der Waals surface area contributed by atoms with Crippen molar-refractivity contribution in [3.05, 3.63) is 93.7 Å². The van der Waals surface area contributed by atoms with Crippen LogP contribution in [0, 0.1) is 11.7 Å². The summed E-state index contributed by atoms with van der Waals surface area (Å²) in [6.07, 6.45) is 1.92. The maximum atomic E-state index is 13.4. The number of carbonyl (C=O) groups excluding carboxylic acids is 1. The van der Waals surface area contributed by atoms with Gasteiger partial charge >= 0.3 is 0 Å². The minimum absolute atomic E-state index is 0.0254. The van der Waals surface area contributed by atoms with Crippen LogP contribution in [-0.2, 0) is 11.4 Å². The fourth-order valence-corrected chi connectivity index (χ4v) is 4.18. The first-order valence-corrected chi connectivity index (χ1v) is 11.0. The zero-order valence-electron chi connectivity index (χ0n) is 17.4. The Balaban J connectivity index is 1.57. The van der Waals surface area contributed by atoms with Gasteiger partial charge in [0.15, 0.2) is 0 Å². The van der Waals surface area contributed by atoms with Crippen molar-refractivity contribution in [3.8, 4) is 5.75 Å². The zero-order valence-corrected chi connectivity index (χ0v) is 19.0. The molecular formula is C26H23BrFNO2. The van der Waals surface area contributed by atoms with Crippen LogP contribution in [0.15, 0.2) is 71.2 Å². The van der Waals surface area contributed by atoms with Gasteiger partial charge in [-0.2, -0.15) is 0 Å². The molecule has 0 spiro atoms. The molecule has 0 atom stereocenters. The molecule has 1 heterocycles. The first kappa shape index (κ1) is 21.3. The van der Waals surface area contributed by atoms with E-state index in [1.807, 2.05) is 59.5 Å². The molecule has 0 radical (unpaired) electrons. The molecule has 31 heavy (non-hydrogen) atoms. The van der Waals surface area contributed by atoms with E-state index in [4.69, 9.17) is 4.74 Å². The normalized spacial score (nSPS) is 14.4. The lowest BCUT2D eigenvalue weighted by molar-refractivity contribution is -0.113. The summed E-state index contributed by atoms with van der Waals surface area (Å²) in [6, 6.07) is 20.0. The SMILES string of the molecule is CC(C)CN1C(=O)/C(=C\c2ccc(OCc3cccc(F)c3)c(Br)c2)c2ccccc21. The van der Waals surface area contributed by atoms with Crippen molar-refractivity contribution in [2.24, 2.45) is 5.92 Å². The molecule has 0 fully saturated rings. The van der Waals surface area contributed by atoms with Crippen LogP contribution in [0.3, 0.4) is 0 Å². The molecule has 0 aromatic heterocycles. The second kappa shape index (κ2) is 9.06. The van der Waals surface area contributed by atoms with Crippen molar-refractivity contribution in [3.63, 3.8) is 0 Å². The second-order valence-electron chi connectivity index (χ2n) is 7.99. The van der Waals surface area contributed by atoms with Gasteiger partial charge < -0.3 is 9.64 Å². The van der Waals surface area contributed by atoms with Crippen molar-refractivity contribution < 1.29 is 13.9 Å². The minimum Gasteiger partial charge on any atom is -0.488 e. The lowest BCUT2D eigenvalue weighted by Gasteiger charge is -2.19. The number of para-hydroxylation sites is 1. The largest absolute Gasteiger partial charge is 0.488 e. The Labute approximate surface area is 190 Å². The summed E-state index contributed by atoms with van der Waals surface area (Å²) in [4.78, 5) is 15.0. The topological polar surface area (TPSA) is 29.5 Å². The first-order chi connectivity index (χ1) is 14.9. The number of hydrogen-bond donors (Lipinski definition) is 0. The van der Waals surface area contributed by atoms with Crippen LogP contribution < -0.4 is 9.64 Å². The lowest BCUT2D eigenvalue weighted by atomic mass is 10.0. The van der Waals surface area contributed by atoms with Gasteiger partial charge in [-0.1, -0.05) is 50.2 Å². The number of rotatable bonds is 6. The van der Waals surface area contributed by atoms with Gasteiger partial charge in [0.2, 0.25) is 0 Å². The van der Waals surface area contributed by atoms with E-state index < -0.39 is 0 Å². The quantitative estimate of drug-likeness (QED) is 0.367. The van der Waals surface area contributed by atoms with Crippen LogP contribution in [0.5, 0.6) is 5.75 Å². The monoisotopic (exact) mass is 479 g/mol. The van der Waals surface area contributed by atoms with E-state index in [0.29, 0.717) is 23.8 Å². The molecule has 158 valence electrons. The Kier molecular flexibility index (Phi) is 6.23. The molecule has 3 aromatic carbocycles. The summed E-state index contributed by atoms with van der Waals surface area (Å²) >= 11 is 3.55. The number of benzene rings is 3. The number of fused-ring (bicyclic) bond motifs is 1. The van der Waals surface area contributed by atoms with Gasteiger partial charge in [-0.05, 0) is 69.4 Å². The zero-order chi connectivity index (χ0) is 22.0. The van der Waals surface area contributed by atoms with Crippen molar-refractivity contribution in [2.45, 2.75) is 20.5 Å². The number of ether oxygens (including phenoxy) is 1. The minimum atomic E-state index is -0.282. The number of amides is 1. The molecule has 0 N–H and O–H groups in total. The van der Waals surface area contributed by atoms with Gasteiger partial charge in [0.1, 0.15) is 18.2 Å². The Morgan fingerprint density at radius 1 is 1.06 bits per heavy atom. The van der Waals surface area contributed by atoms with Crippen LogP contribution in [0.2, 0.25) is 0 Å². The Hall–Kier alpha value is -2.92. The van der Waals surface area contributed by atoms with Crippen LogP contribution in [0.4, 0.5) is 10.1 Å². The Morgan fingerprint density at radius 3 is 2.61 bits per heavy atom. The highest BCUT2D eigenvalue weighted by Crippen LogP contribution is 2.38. The second-order valence-corrected chi connectivity index (χ2v) is 8.85. The molecule has 4 rings (SSSR count). The summed E-state index contributed by atoms with van der Waals surface area (Å²) in [5.41, 5.74) is 4.26. The fourth-order valence-electron chi connectivity index (χ4n) is 3.67. The summed E-state index contributed by atoms with van der Waals surface area (Å²) in [7, 11) is 0. The van der Waals surface area contributed by atoms with E-state index >= 15 is 0 Å². The van der Waals surface area contributed by atoms with Crippen LogP contribution >= 0.6 is 15.9 Å². The van der Waals surface area contributed by atoms with E-state index in [0.717, 1.165) is 26.9 Å². The van der Waals surface area contributed by atoms with Crippen molar-refractivity contribution in [1.82, 2.24) is 0 Å². The van der Waals surface area contributed by atoms with Gasteiger partial charge in [0.25, 0.3) is 5.91 Å². The van der Waals surface area contributed by atoms with E-state index in [1.165, 1.54) is 12.1 Å². The van der Waals surface area contributed by atoms with Gasteiger partial charge in [-0.25, -0.2) is 4.39 Å². The predicted octanol–water partition coefficient (Wildman–Crippen LogP) is 6.71. The van der Waals surface area contributed by atoms with Crippen molar-refractivity contribution >= 4 is 39.2 Å². The first-order valence-electron chi connectivity index (χ1n) is 10.2. The van der Waals surface area contributed by atoms with Gasteiger partial charge in [-0.3, -0.25) is 4.79 Å². The van der Waals surface area contributed by atoms with E-state index in [2.05, 4.69) is 29.8 Å². The summed E-state index contributed by atoms with van der Waals surface area (Å²) in [5.74, 6) is 0.777. The Morgan fingerprint density at radius 2 is 1.87 bits per heavy atom. The predicted molar refractivity (Wildman–Crippen MR) is 126 cm³/mol. The van der Waals surface area contributed by atoms with E-state index in [-0.39, 0.29) is 18.3 Å². The summed E-state index contributed by atoms with van der Waals surface area (Å²) < 4.78 is 20.0. The average Bonchev–Trinajstić information content (AvgIpc) is 2.99. The number of nitrogens with zero attached hydrogens (tertiary/aromatic N) is 1. The fraction of sp³-hybridized carbons (Fsp3) is 0.192. The number of anilines is 1.